The molecule has 1 amide bonds. The normalized spacial score (nSPS) is 12.9. The molecule has 0 saturated carbocycles. The van der Waals surface area contributed by atoms with E-state index in [0.29, 0.717) is 5.56 Å². The lowest BCUT2D eigenvalue weighted by atomic mass is 10.1. The summed E-state index contributed by atoms with van der Waals surface area (Å²) < 4.78 is 18.2. The Morgan fingerprint density at radius 3 is 2.79 bits per heavy atom. The van der Waals surface area contributed by atoms with E-state index in [4.69, 9.17) is 22.1 Å². The van der Waals surface area contributed by atoms with Crippen LogP contribution in [0.15, 0.2) is 12.3 Å². The Hall–Kier alpha value is -1.40. The van der Waals surface area contributed by atoms with Crippen LogP contribution in [0, 0.1) is 5.82 Å². The molecule has 1 aromatic rings. The first kappa shape index (κ1) is 15.7. The summed E-state index contributed by atoms with van der Waals surface area (Å²) in [6.45, 7) is 5.26. The Kier molecular flexibility index (Phi) is 5.08. The number of nitrogens with two attached hydrogens (primary N) is 1. The SMILES string of the molecule is CC(C)(C)OC(=O)NC(CN)c1cc(F)cnc1Cl. The number of hydrogen-bond donors (Lipinski definition) is 2. The maximum Gasteiger partial charge on any atom is 0.408 e. The summed E-state index contributed by atoms with van der Waals surface area (Å²) in [5, 5.41) is 2.62. The summed E-state index contributed by atoms with van der Waals surface area (Å²) in [5.41, 5.74) is 5.24. The predicted octanol–water partition coefficient (Wildman–Crippen LogP) is 2.40. The molecular formula is C12H17ClFN3O2. The summed E-state index contributed by atoms with van der Waals surface area (Å²) in [6, 6.07) is 0.523. The van der Waals surface area contributed by atoms with Crippen LogP contribution in [0.5, 0.6) is 0 Å². The second-order valence-electron chi connectivity index (χ2n) is 4.97. The number of carbonyl (C=O) groups excluding carboxylic acids is 1. The van der Waals surface area contributed by atoms with E-state index in [2.05, 4.69) is 10.3 Å². The molecule has 1 heterocycles. The van der Waals surface area contributed by atoms with Gasteiger partial charge in [0.25, 0.3) is 0 Å². The fraction of sp³-hybridized carbons (Fsp3) is 0.500. The molecular weight excluding hydrogens is 273 g/mol. The quantitative estimate of drug-likeness (QED) is 0.838. The minimum Gasteiger partial charge on any atom is -0.444 e. The Morgan fingerprint density at radius 2 is 2.26 bits per heavy atom. The van der Waals surface area contributed by atoms with Crippen molar-refractivity contribution in [2.75, 3.05) is 6.54 Å². The van der Waals surface area contributed by atoms with Gasteiger partial charge in [-0.25, -0.2) is 14.2 Å². The van der Waals surface area contributed by atoms with Gasteiger partial charge in [-0.15, -0.1) is 0 Å². The molecule has 1 unspecified atom stereocenters. The van der Waals surface area contributed by atoms with Gasteiger partial charge >= 0.3 is 6.09 Å². The lowest BCUT2D eigenvalue weighted by Gasteiger charge is -2.23. The number of aromatic nitrogens is 1. The van der Waals surface area contributed by atoms with E-state index >= 15 is 0 Å². The van der Waals surface area contributed by atoms with E-state index in [1.807, 2.05) is 0 Å². The van der Waals surface area contributed by atoms with Crippen LogP contribution in [0.2, 0.25) is 5.15 Å². The average molecular weight is 290 g/mol. The molecule has 7 heteroatoms. The van der Waals surface area contributed by atoms with Gasteiger partial charge in [0.1, 0.15) is 16.6 Å². The standard InChI is InChI=1S/C12H17ClFN3O2/c1-12(2,3)19-11(18)17-9(5-15)8-4-7(14)6-16-10(8)13/h4,6,9H,5,15H2,1-3H3,(H,17,18). The number of alkyl carbamates (subject to hydrolysis) is 1. The second-order valence-corrected chi connectivity index (χ2v) is 5.33. The lowest BCUT2D eigenvalue weighted by molar-refractivity contribution is 0.0505. The van der Waals surface area contributed by atoms with Crippen LogP contribution in [-0.2, 0) is 4.74 Å². The summed E-state index contributed by atoms with van der Waals surface area (Å²) in [5.74, 6) is -0.552. The Morgan fingerprint density at radius 1 is 1.63 bits per heavy atom. The average Bonchev–Trinajstić information content (AvgIpc) is 2.27. The van der Waals surface area contributed by atoms with Crippen LogP contribution in [0.25, 0.3) is 0 Å². The molecule has 3 N–H and O–H groups in total. The fourth-order valence-corrected chi connectivity index (χ4v) is 1.63. The first-order valence-electron chi connectivity index (χ1n) is 5.73. The number of amides is 1. The molecule has 0 bridgehead atoms. The van der Waals surface area contributed by atoms with Gasteiger partial charge in [0, 0.05) is 12.1 Å². The van der Waals surface area contributed by atoms with Crippen LogP contribution >= 0.6 is 11.6 Å². The van der Waals surface area contributed by atoms with Crippen LogP contribution in [0.1, 0.15) is 32.4 Å². The zero-order valence-electron chi connectivity index (χ0n) is 11.0. The Balaban J connectivity index is 2.84. The number of carbonyl (C=O) groups is 1. The summed E-state index contributed by atoms with van der Waals surface area (Å²) >= 11 is 5.86. The van der Waals surface area contributed by atoms with Crippen LogP contribution in [0.4, 0.5) is 9.18 Å². The van der Waals surface area contributed by atoms with Gasteiger partial charge in [-0.1, -0.05) is 11.6 Å². The van der Waals surface area contributed by atoms with Gasteiger partial charge in [0.2, 0.25) is 0 Å². The van der Waals surface area contributed by atoms with Crippen molar-refractivity contribution in [3.63, 3.8) is 0 Å². The summed E-state index contributed by atoms with van der Waals surface area (Å²) in [7, 11) is 0. The van der Waals surface area contributed by atoms with E-state index in [-0.39, 0.29) is 11.7 Å². The van der Waals surface area contributed by atoms with Crippen LogP contribution in [0.3, 0.4) is 0 Å². The molecule has 19 heavy (non-hydrogen) atoms. The van der Waals surface area contributed by atoms with Crippen molar-refractivity contribution in [1.29, 1.82) is 0 Å². The number of nitrogens with zero attached hydrogens (tertiary/aromatic N) is 1. The maximum atomic E-state index is 13.1. The highest BCUT2D eigenvalue weighted by Gasteiger charge is 2.21. The Bertz CT molecular complexity index is 463. The number of pyridine rings is 1. The molecule has 5 nitrogen and oxygen atoms in total. The highest BCUT2D eigenvalue weighted by Crippen LogP contribution is 2.21. The van der Waals surface area contributed by atoms with Crippen molar-refractivity contribution in [1.82, 2.24) is 10.3 Å². The van der Waals surface area contributed by atoms with E-state index < -0.39 is 23.6 Å². The van der Waals surface area contributed by atoms with E-state index in [0.717, 1.165) is 6.20 Å². The Labute approximate surface area is 116 Å². The zero-order valence-corrected chi connectivity index (χ0v) is 11.8. The van der Waals surface area contributed by atoms with Crippen LogP contribution < -0.4 is 11.1 Å². The van der Waals surface area contributed by atoms with E-state index in [9.17, 15) is 9.18 Å². The minimum absolute atomic E-state index is 0.0457. The van der Waals surface area contributed by atoms with Crippen molar-refractivity contribution in [2.45, 2.75) is 32.4 Å². The fourth-order valence-electron chi connectivity index (χ4n) is 1.40. The third kappa shape index (κ3) is 5.00. The third-order valence-corrected chi connectivity index (χ3v) is 2.45. The molecule has 0 radical (unpaired) electrons. The summed E-state index contributed by atoms with van der Waals surface area (Å²) in [4.78, 5) is 15.3. The minimum atomic E-state index is -0.662. The molecule has 0 fully saturated rings. The van der Waals surface area contributed by atoms with Crippen LogP contribution in [-0.4, -0.2) is 23.2 Å². The van der Waals surface area contributed by atoms with Gasteiger partial charge in [-0.2, -0.15) is 0 Å². The molecule has 0 spiro atoms. The lowest BCUT2D eigenvalue weighted by Crippen LogP contribution is -2.38. The van der Waals surface area contributed by atoms with Gasteiger partial charge in [-0.3, -0.25) is 0 Å². The number of halogens is 2. The second kappa shape index (κ2) is 6.16. The third-order valence-electron chi connectivity index (χ3n) is 2.13. The first-order valence-corrected chi connectivity index (χ1v) is 6.11. The molecule has 0 aliphatic heterocycles. The first-order chi connectivity index (χ1) is 8.73. The van der Waals surface area contributed by atoms with Crippen molar-refractivity contribution in [2.24, 2.45) is 5.73 Å². The topological polar surface area (TPSA) is 77.2 Å². The predicted molar refractivity (Wildman–Crippen MR) is 70.4 cm³/mol. The molecule has 0 saturated heterocycles. The largest absolute Gasteiger partial charge is 0.444 e. The van der Waals surface area contributed by atoms with E-state index in [1.54, 1.807) is 20.8 Å². The van der Waals surface area contributed by atoms with Crippen molar-refractivity contribution in [3.8, 4) is 0 Å². The highest BCUT2D eigenvalue weighted by molar-refractivity contribution is 6.30. The molecule has 0 aromatic carbocycles. The van der Waals surface area contributed by atoms with Crippen molar-refractivity contribution in [3.05, 3.63) is 28.8 Å². The number of hydrogen-bond acceptors (Lipinski definition) is 4. The maximum absolute atomic E-state index is 13.1. The number of rotatable bonds is 3. The van der Waals surface area contributed by atoms with Crippen molar-refractivity contribution < 1.29 is 13.9 Å². The molecule has 0 aliphatic rings. The molecule has 1 atom stereocenters. The van der Waals surface area contributed by atoms with Gasteiger partial charge < -0.3 is 15.8 Å². The molecule has 1 rings (SSSR count). The number of nitrogens with one attached hydrogen (secondary N) is 1. The monoisotopic (exact) mass is 289 g/mol. The van der Waals surface area contributed by atoms with Crippen molar-refractivity contribution >= 4 is 17.7 Å². The molecule has 0 aliphatic carbocycles. The number of ether oxygens (including phenoxy) is 1. The molecule has 106 valence electrons. The van der Waals surface area contributed by atoms with Gasteiger partial charge in [0.15, 0.2) is 0 Å². The van der Waals surface area contributed by atoms with Gasteiger partial charge in [-0.05, 0) is 26.8 Å². The summed E-state index contributed by atoms with van der Waals surface area (Å²) in [6.07, 6.45) is 0.343. The zero-order chi connectivity index (χ0) is 14.6. The molecule has 1 aromatic heterocycles. The smallest absolute Gasteiger partial charge is 0.408 e. The van der Waals surface area contributed by atoms with Gasteiger partial charge in [0.05, 0.1) is 12.2 Å². The highest BCUT2D eigenvalue weighted by atomic mass is 35.5. The van der Waals surface area contributed by atoms with E-state index in [1.165, 1.54) is 6.07 Å².